The molecule has 2 aromatic heterocycles. The van der Waals surface area contributed by atoms with Gasteiger partial charge in [-0.25, -0.2) is 4.98 Å². The zero-order valence-corrected chi connectivity index (χ0v) is 11.9. The lowest BCUT2D eigenvalue weighted by Crippen LogP contribution is -2.16. The molecule has 0 fully saturated rings. The maximum atomic E-state index is 5.23. The smallest absolute Gasteiger partial charge is 0.128 e. The van der Waals surface area contributed by atoms with E-state index in [2.05, 4.69) is 20.5 Å². The third-order valence-corrected chi connectivity index (χ3v) is 3.23. The van der Waals surface area contributed by atoms with Crippen molar-refractivity contribution < 1.29 is 0 Å². The van der Waals surface area contributed by atoms with Crippen LogP contribution in [0.5, 0.6) is 0 Å². The minimum absolute atomic E-state index is 0.528. The number of aromatic nitrogens is 2. The molecule has 0 aliphatic rings. The molecule has 0 aliphatic carbocycles. The van der Waals surface area contributed by atoms with Gasteiger partial charge in [-0.05, 0) is 24.3 Å². The largest absolute Gasteiger partial charge is 0.267 e. The maximum Gasteiger partial charge on any atom is 0.128 e. The Balaban J connectivity index is 1.71. The molecule has 1 N–H and O–H groups in total. The van der Waals surface area contributed by atoms with Gasteiger partial charge in [-0.15, -0.1) is 0 Å². The number of hydrogen-bond donors (Lipinski definition) is 1. The summed E-state index contributed by atoms with van der Waals surface area (Å²) in [7, 11) is 0. The Kier molecular flexibility index (Phi) is 3.93. The van der Waals surface area contributed by atoms with Crippen LogP contribution in [0.4, 0.5) is 0 Å². The van der Waals surface area contributed by atoms with Gasteiger partial charge in [-0.2, -0.15) is 5.10 Å². The number of nitrogens with one attached hydrogen (secondary N) is 1. The third kappa shape index (κ3) is 3.27. The molecule has 0 bridgehead atoms. The number of hydrazone groups is 1. The van der Waals surface area contributed by atoms with Crippen molar-refractivity contribution in [2.45, 2.75) is 0 Å². The first-order valence-corrected chi connectivity index (χ1v) is 6.83. The Morgan fingerprint density at radius 2 is 2.00 bits per heavy atom. The number of hydrogen-bond acceptors (Lipinski definition) is 4. The van der Waals surface area contributed by atoms with Crippen LogP contribution in [0.15, 0.2) is 66.0 Å². The van der Waals surface area contributed by atoms with Crippen molar-refractivity contribution in [3.8, 4) is 0 Å². The van der Waals surface area contributed by atoms with E-state index in [0.29, 0.717) is 4.99 Å². The highest BCUT2D eigenvalue weighted by Crippen LogP contribution is 2.10. The van der Waals surface area contributed by atoms with Crippen LogP contribution >= 0.6 is 12.2 Å². The molecule has 5 heteroatoms. The van der Waals surface area contributed by atoms with Crippen molar-refractivity contribution in [1.29, 1.82) is 0 Å². The summed E-state index contributed by atoms with van der Waals surface area (Å²) in [6.07, 6.45) is 5.04. The summed E-state index contributed by atoms with van der Waals surface area (Å²) >= 11 is 5.23. The molecule has 102 valence electrons. The number of benzene rings is 1. The van der Waals surface area contributed by atoms with E-state index in [4.69, 9.17) is 12.2 Å². The van der Waals surface area contributed by atoms with Gasteiger partial charge in [0.2, 0.25) is 0 Å². The number of nitrogens with zero attached hydrogens (tertiary/aromatic N) is 3. The van der Waals surface area contributed by atoms with Crippen LogP contribution in [0.25, 0.3) is 10.9 Å². The molecule has 0 amide bonds. The van der Waals surface area contributed by atoms with Crippen LogP contribution in [-0.4, -0.2) is 21.2 Å². The number of fused-ring (bicyclic) bond motifs is 1. The average molecular weight is 292 g/mol. The fraction of sp³-hybridized carbons (Fsp3) is 0. The highest BCUT2D eigenvalue weighted by atomic mass is 32.1. The van der Waals surface area contributed by atoms with Crippen molar-refractivity contribution in [3.63, 3.8) is 0 Å². The molecule has 0 saturated carbocycles. The topological polar surface area (TPSA) is 50.2 Å². The van der Waals surface area contributed by atoms with E-state index in [1.165, 1.54) is 0 Å². The zero-order chi connectivity index (χ0) is 14.5. The molecule has 0 spiro atoms. The quantitative estimate of drug-likeness (QED) is 0.458. The van der Waals surface area contributed by atoms with Crippen molar-refractivity contribution in [2.24, 2.45) is 5.10 Å². The fourth-order valence-corrected chi connectivity index (χ4v) is 2.05. The predicted octanol–water partition coefficient (Wildman–Crippen LogP) is 2.93. The van der Waals surface area contributed by atoms with Crippen LogP contribution < -0.4 is 5.43 Å². The highest BCUT2D eigenvalue weighted by Gasteiger charge is 1.98. The lowest BCUT2D eigenvalue weighted by atomic mass is 10.2. The molecular weight excluding hydrogens is 280 g/mol. The summed E-state index contributed by atoms with van der Waals surface area (Å²) in [6.45, 7) is 0. The van der Waals surface area contributed by atoms with Crippen molar-refractivity contribution >= 4 is 34.3 Å². The number of para-hydroxylation sites is 1. The third-order valence-electron chi connectivity index (χ3n) is 2.91. The molecule has 3 rings (SSSR count). The van der Waals surface area contributed by atoms with E-state index < -0.39 is 0 Å². The molecule has 3 aromatic rings. The van der Waals surface area contributed by atoms with E-state index in [1.54, 1.807) is 18.6 Å². The van der Waals surface area contributed by atoms with Crippen molar-refractivity contribution in [1.82, 2.24) is 15.4 Å². The molecule has 4 nitrogen and oxygen atoms in total. The molecule has 0 saturated heterocycles. The van der Waals surface area contributed by atoms with E-state index >= 15 is 0 Å². The van der Waals surface area contributed by atoms with Gasteiger partial charge in [0.05, 0.1) is 17.4 Å². The van der Waals surface area contributed by atoms with Crippen molar-refractivity contribution in [3.05, 3.63) is 72.2 Å². The van der Waals surface area contributed by atoms with Gasteiger partial charge in [0, 0.05) is 23.3 Å². The van der Waals surface area contributed by atoms with Crippen LogP contribution in [0.3, 0.4) is 0 Å². The summed E-state index contributed by atoms with van der Waals surface area (Å²) in [5, 5.41) is 5.22. The van der Waals surface area contributed by atoms with Gasteiger partial charge >= 0.3 is 0 Å². The molecule has 0 unspecified atom stereocenters. The summed E-state index contributed by atoms with van der Waals surface area (Å²) in [4.78, 5) is 9.04. The Morgan fingerprint density at radius 3 is 2.86 bits per heavy atom. The standard InChI is InChI=1S/C16H12N4S/c21-16(13-5-3-9-17-10-13)20-18-11-14-8-7-12-4-1-2-6-15(12)19-14/h1-11H,(H,20,21)/b18-11+. The Hall–Kier alpha value is -2.66. The van der Waals surface area contributed by atoms with E-state index in [9.17, 15) is 0 Å². The second-order valence-electron chi connectivity index (χ2n) is 4.37. The molecule has 1 aromatic carbocycles. The van der Waals surface area contributed by atoms with Gasteiger partial charge in [-0.3, -0.25) is 10.4 Å². The number of thiocarbonyl (C=S) groups is 1. The van der Waals surface area contributed by atoms with Crippen LogP contribution in [0.1, 0.15) is 11.3 Å². The van der Waals surface area contributed by atoms with Gasteiger partial charge in [-0.1, -0.05) is 36.5 Å². The first-order chi connectivity index (χ1) is 10.3. The Morgan fingerprint density at radius 1 is 1.10 bits per heavy atom. The Bertz CT molecular complexity index is 799. The summed E-state index contributed by atoms with van der Waals surface area (Å²) in [6, 6.07) is 15.6. The average Bonchev–Trinajstić information content (AvgIpc) is 2.55. The van der Waals surface area contributed by atoms with Crippen LogP contribution in [0, 0.1) is 0 Å². The molecule has 0 radical (unpaired) electrons. The monoisotopic (exact) mass is 292 g/mol. The lowest BCUT2D eigenvalue weighted by Gasteiger charge is -2.02. The fourth-order valence-electron chi connectivity index (χ4n) is 1.87. The first-order valence-electron chi connectivity index (χ1n) is 6.42. The normalized spacial score (nSPS) is 10.9. The van der Waals surface area contributed by atoms with Crippen LogP contribution in [-0.2, 0) is 0 Å². The summed E-state index contributed by atoms with van der Waals surface area (Å²) in [5.41, 5.74) is 5.36. The van der Waals surface area contributed by atoms with Gasteiger partial charge in [0.25, 0.3) is 0 Å². The highest BCUT2D eigenvalue weighted by molar-refractivity contribution is 7.80. The van der Waals surface area contributed by atoms with Crippen molar-refractivity contribution in [2.75, 3.05) is 0 Å². The van der Waals surface area contributed by atoms with Gasteiger partial charge in [0.1, 0.15) is 4.99 Å². The zero-order valence-electron chi connectivity index (χ0n) is 11.1. The minimum Gasteiger partial charge on any atom is -0.267 e. The summed E-state index contributed by atoms with van der Waals surface area (Å²) in [5.74, 6) is 0. The lowest BCUT2D eigenvalue weighted by molar-refractivity contribution is 1.05. The van der Waals surface area contributed by atoms with Gasteiger partial charge < -0.3 is 0 Å². The Labute approximate surface area is 127 Å². The van der Waals surface area contributed by atoms with Crippen LogP contribution in [0.2, 0.25) is 0 Å². The second kappa shape index (κ2) is 6.19. The summed E-state index contributed by atoms with van der Waals surface area (Å²) < 4.78 is 0. The molecular formula is C16H12N4S. The second-order valence-corrected chi connectivity index (χ2v) is 4.78. The van der Waals surface area contributed by atoms with Gasteiger partial charge in [0.15, 0.2) is 0 Å². The molecule has 2 heterocycles. The SMILES string of the molecule is S=C(N/N=C/c1ccc2ccccc2n1)c1cccnc1. The van der Waals surface area contributed by atoms with E-state index in [1.807, 2.05) is 48.5 Å². The maximum absolute atomic E-state index is 5.23. The van der Waals surface area contributed by atoms with E-state index in [-0.39, 0.29) is 0 Å². The first kappa shape index (κ1) is 13.3. The predicted molar refractivity (Wildman–Crippen MR) is 88.4 cm³/mol. The number of pyridine rings is 2. The molecule has 0 aliphatic heterocycles. The van der Waals surface area contributed by atoms with E-state index in [0.717, 1.165) is 22.2 Å². The number of rotatable bonds is 3. The molecule has 21 heavy (non-hydrogen) atoms. The minimum atomic E-state index is 0.528. The molecule has 0 atom stereocenters.